The number of carboxylic acids is 1. The number of hydrogen-bond acceptors (Lipinski definition) is 6. The number of ether oxygens (including phenoxy) is 1. The number of carbonyl (C=O) groups is 3. The van der Waals surface area contributed by atoms with Crippen LogP contribution in [0.1, 0.15) is 33.6 Å². The van der Waals surface area contributed by atoms with Crippen molar-refractivity contribution >= 4 is 51.1 Å². The number of nitrogens with zero attached hydrogens (tertiary/aromatic N) is 3. The van der Waals surface area contributed by atoms with Gasteiger partial charge in [-0.05, 0) is 36.4 Å². The molecule has 8 nitrogen and oxygen atoms in total. The second-order valence-electron chi connectivity index (χ2n) is 8.35. The summed E-state index contributed by atoms with van der Waals surface area (Å²) >= 11 is 6.28. The molecule has 0 fully saturated rings. The number of ketones is 1. The van der Waals surface area contributed by atoms with Crippen molar-refractivity contribution in [2.75, 3.05) is 7.11 Å². The van der Waals surface area contributed by atoms with Gasteiger partial charge in [-0.1, -0.05) is 41.9 Å². The maximum atomic E-state index is 13.0. The number of aliphatic carboxylic acids is 1. The lowest BCUT2D eigenvalue weighted by Gasteiger charge is -2.11. The van der Waals surface area contributed by atoms with Gasteiger partial charge in [-0.2, -0.15) is 0 Å². The van der Waals surface area contributed by atoms with Crippen molar-refractivity contribution in [1.29, 1.82) is 0 Å². The zero-order valence-corrected chi connectivity index (χ0v) is 20.4. The lowest BCUT2D eigenvalue weighted by atomic mass is 10.0. The Morgan fingerprint density at radius 3 is 2.46 bits per heavy atom. The van der Waals surface area contributed by atoms with Crippen molar-refractivity contribution in [3.8, 4) is 17.2 Å². The number of fused-ring (bicyclic) bond motifs is 2. The zero-order valence-electron chi connectivity index (χ0n) is 19.6. The molecule has 37 heavy (non-hydrogen) atoms. The summed E-state index contributed by atoms with van der Waals surface area (Å²) in [6.45, 7) is 0. The molecule has 0 saturated heterocycles. The molecule has 9 heteroatoms. The minimum Gasteiger partial charge on any atom is -0.481 e. The van der Waals surface area contributed by atoms with E-state index in [1.54, 1.807) is 47.2 Å². The fraction of sp³-hybridized carbons (Fsp3) is 0.107. The van der Waals surface area contributed by atoms with E-state index in [4.69, 9.17) is 31.4 Å². The van der Waals surface area contributed by atoms with E-state index in [2.05, 4.69) is 0 Å². The Bertz CT molecular complexity index is 1700. The number of Topliss-reactive ketones (excluding diaryl/α,β-unsaturated/α-hetero) is 1. The second kappa shape index (κ2) is 9.83. The van der Waals surface area contributed by atoms with Crippen molar-refractivity contribution < 1.29 is 24.2 Å². The number of aromatic nitrogens is 3. The van der Waals surface area contributed by atoms with Crippen molar-refractivity contribution in [2.45, 2.75) is 12.8 Å². The summed E-state index contributed by atoms with van der Waals surface area (Å²) in [6, 6.07) is 19.8. The predicted octanol–water partition coefficient (Wildman–Crippen LogP) is 5.73. The van der Waals surface area contributed by atoms with Gasteiger partial charge in [0.25, 0.3) is 0 Å². The van der Waals surface area contributed by atoms with Gasteiger partial charge in [0, 0.05) is 39.5 Å². The van der Waals surface area contributed by atoms with Gasteiger partial charge in [-0.3, -0.25) is 14.2 Å². The normalized spacial score (nSPS) is 11.1. The van der Waals surface area contributed by atoms with E-state index in [-0.39, 0.29) is 29.8 Å². The molecule has 0 aliphatic heterocycles. The van der Waals surface area contributed by atoms with Crippen molar-refractivity contribution in [2.24, 2.45) is 0 Å². The number of rotatable bonds is 7. The zero-order chi connectivity index (χ0) is 26.1. The maximum absolute atomic E-state index is 13.0. The molecule has 5 rings (SSSR count). The Kier molecular flexibility index (Phi) is 6.42. The summed E-state index contributed by atoms with van der Waals surface area (Å²) in [4.78, 5) is 45.9. The summed E-state index contributed by atoms with van der Waals surface area (Å²) in [5.74, 6) is -1.69. The van der Waals surface area contributed by atoms with Crippen LogP contribution in [-0.4, -0.2) is 44.5 Å². The third-order valence-corrected chi connectivity index (χ3v) is 6.24. The highest BCUT2D eigenvalue weighted by Crippen LogP contribution is 2.32. The molecule has 0 radical (unpaired) electrons. The van der Waals surface area contributed by atoms with Gasteiger partial charge >= 0.3 is 11.9 Å². The third kappa shape index (κ3) is 4.66. The van der Waals surface area contributed by atoms with E-state index in [1.807, 2.05) is 30.3 Å². The molecule has 2 aromatic heterocycles. The molecule has 1 N–H and O–H groups in total. The van der Waals surface area contributed by atoms with Crippen LogP contribution in [-0.2, 0) is 9.53 Å². The number of hydrogen-bond donors (Lipinski definition) is 1. The number of carboxylic acid groups (broad SMARTS) is 1. The van der Waals surface area contributed by atoms with Gasteiger partial charge < -0.3 is 9.84 Å². The lowest BCUT2D eigenvalue weighted by Crippen LogP contribution is -2.04. The van der Waals surface area contributed by atoms with Crippen LogP contribution in [0.3, 0.4) is 0 Å². The summed E-state index contributed by atoms with van der Waals surface area (Å²) < 4.78 is 6.51. The fourth-order valence-electron chi connectivity index (χ4n) is 4.23. The van der Waals surface area contributed by atoms with E-state index >= 15 is 0 Å². The van der Waals surface area contributed by atoms with Crippen LogP contribution in [0.2, 0.25) is 5.02 Å². The number of methoxy groups -OCH3 is 1. The van der Waals surface area contributed by atoms with Gasteiger partial charge in [0.15, 0.2) is 5.78 Å². The second-order valence-corrected chi connectivity index (χ2v) is 8.79. The van der Waals surface area contributed by atoms with E-state index in [0.717, 1.165) is 10.9 Å². The first-order valence-corrected chi connectivity index (χ1v) is 11.7. The molecule has 0 spiro atoms. The van der Waals surface area contributed by atoms with Crippen LogP contribution in [0, 0.1) is 0 Å². The van der Waals surface area contributed by atoms with Crippen LogP contribution in [0.4, 0.5) is 0 Å². The molecule has 3 aromatic carbocycles. The molecule has 0 saturated carbocycles. The van der Waals surface area contributed by atoms with Crippen LogP contribution in [0.15, 0.2) is 72.9 Å². The number of halogens is 1. The molecular formula is C28H20ClN3O5. The number of benzene rings is 3. The molecule has 0 aliphatic rings. The summed E-state index contributed by atoms with van der Waals surface area (Å²) in [5, 5.41) is 10.9. The van der Waals surface area contributed by atoms with Crippen molar-refractivity contribution in [3.63, 3.8) is 0 Å². The average Bonchev–Trinajstić information content (AvgIpc) is 3.30. The highest BCUT2D eigenvalue weighted by Gasteiger charge is 2.21. The highest BCUT2D eigenvalue weighted by atomic mass is 35.5. The fourth-order valence-corrected chi connectivity index (χ4v) is 4.40. The summed E-state index contributed by atoms with van der Waals surface area (Å²) in [7, 11) is 1.27. The van der Waals surface area contributed by atoms with Crippen molar-refractivity contribution in [3.05, 3.63) is 89.1 Å². The number of carbonyl (C=O) groups excluding carboxylic acids is 2. The Morgan fingerprint density at radius 2 is 1.73 bits per heavy atom. The smallest absolute Gasteiger partial charge is 0.337 e. The van der Waals surface area contributed by atoms with E-state index in [0.29, 0.717) is 33.1 Å². The SMILES string of the molecule is COC(=O)c1ccc2c(c1)c(C(=O)CCC(=O)O)cn2-c1nc(-c2ccccc2)c2cc(Cl)ccc2n1. The molecule has 0 aliphatic carbocycles. The summed E-state index contributed by atoms with van der Waals surface area (Å²) in [6.07, 6.45) is 1.08. The summed E-state index contributed by atoms with van der Waals surface area (Å²) in [5.41, 5.74) is 3.29. The van der Waals surface area contributed by atoms with Crippen LogP contribution in [0.5, 0.6) is 0 Å². The monoisotopic (exact) mass is 513 g/mol. The predicted molar refractivity (Wildman–Crippen MR) is 139 cm³/mol. The Balaban J connectivity index is 1.76. The first-order valence-electron chi connectivity index (χ1n) is 11.4. The van der Waals surface area contributed by atoms with Crippen LogP contribution >= 0.6 is 11.6 Å². The third-order valence-electron chi connectivity index (χ3n) is 6.00. The van der Waals surface area contributed by atoms with Gasteiger partial charge in [-0.25, -0.2) is 14.8 Å². The van der Waals surface area contributed by atoms with E-state index in [9.17, 15) is 14.4 Å². The van der Waals surface area contributed by atoms with Gasteiger partial charge in [-0.15, -0.1) is 0 Å². The highest BCUT2D eigenvalue weighted by molar-refractivity contribution is 6.31. The Morgan fingerprint density at radius 1 is 0.946 bits per heavy atom. The average molecular weight is 514 g/mol. The van der Waals surface area contributed by atoms with E-state index < -0.39 is 11.9 Å². The number of esters is 1. The first kappa shape index (κ1) is 24.1. The lowest BCUT2D eigenvalue weighted by molar-refractivity contribution is -0.136. The topological polar surface area (TPSA) is 111 Å². The van der Waals surface area contributed by atoms with Crippen molar-refractivity contribution in [1.82, 2.24) is 14.5 Å². The first-order chi connectivity index (χ1) is 17.9. The van der Waals surface area contributed by atoms with Gasteiger partial charge in [0.05, 0.1) is 35.8 Å². The Labute approximate surface area is 216 Å². The molecule has 5 aromatic rings. The molecule has 0 unspecified atom stereocenters. The molecule has 0 amide bonds. The van der Waals surface area contributed by atoms with Gasteiger partial charge in [0.2, 0.25) is 5.95 Å². The van der Waals surface area contributed by atoms with E-state index in [1.165, 1.54) is 7.11 Å². The molecule has 0 bridgehead atoms. The Hall–Kier alpha value is -4.56. The quantitative estimate of drug-likeness (QED) is 0.218. The molecule has 0 atom stereocenters. The van der Waals surface area contributed by atoms with Crippen LogP contribution < -0.4 is 0 Å². The molecule has 184 valence electrons. The van der Waals surface area contributed by atoms with Crippen LogP contribution in [0.25, 0.3) is 39.0 Å². The molecular weight excluding hydrogens is 494 g/mol. The molecule has 2 heterocycles. The minimum atomic E-state index is -1.07. The minimum absolute atomic E-state index is 0.191. The van der Waals surface area contributed by atoms with Gasteiger partial charge in [0.1, 0.15) is 0 Å². The largest absolute Gasteiger partial charge is 0.481 e. The maximum Gasteiger partial charge on any atom is 0.337 e. The standard InChI is InChI=1S/C28H20ClN3O5/c1-37-27(36)17-7-10-23-19(13-17)21(24(33)11-12-25(34)35)15-32(23)28-30-22-9-8-18(29)14-20(22)26(31-28)16-5-3-2-4-6-16/h2-10,13-15H,11-12H2,1H3,(H,34,35).